The summed E-state index contributed by atoms with van der Waals surface area (Å²) in [6, 6.07) is 0. The molecule has 2 heteroatoms. The fourth-order valence-corrected chi connectivity index (χ4v) is 4.45. The summed E-state index contributed by atoms with van der Waals surface area (Å²) in [5, 5.41) is 0. The highest BCUT2D eigenvalue weighted by Gasteiger charge is 2.08. The van der Waals surface area contributed by atoms with Gasteiger partial charge in [0.25, 0.3) is 0 Å². The van der Waals surface area contributed by atoms with E-state index in [0.29, 0.717) is 11.8 Å². The summed E-state index contributed by atoms with van der Waals surface area (Å²) < 4.78 is 0. The molecule has 0 amide bonds. The summed E-state index contributed by atoms with van der Waals surface area (Å²) in [4.78, 5) is 22.6. The van der Waals surface area contributed by atoms with Crippen LogP contribution in [-0.4, -0.2) is 12.6 Å². The standard InChI is InChI=1S/C28H54O2/c1-3-5-7-9-13-17-21-27(25-29)23-19-15-11-12-16-20-24-28(26-30)22-18-14-10-8-6-4-2/h25-28H,3-24H2,1-2H3. The summed E-state index contributed by atoms with van der Waals surface area (Å²) in [6.45, 7) is 4.50. The van der Waals surface area contributed by atoms with Crippen LogP contribution in [-0.2, 0) is 9.59 Å². The molecule has 0 N–H and O–H groups in total. The Labute approximate surface area is 189 Å². The Balaban J connectivity index is 3.48. The van der Waals surface area contributed by atoms with Gasteiger partial charge in [-0.2, -0.15) is 0 Å². The quantitative estimate of drug-likeness (QED) is 0.108. The molecule has 30 heavy (non-hydrogen) atoms. The van der Waals surface area contributed by atoms with E-state index in [4.69, 9.17) is 0 Å². The van der Waals surface area contributed by atoms with Gasteiger partial charge >= 0.3 is 0 Å². The van der Waals surface area contributed by atoms with Crippen LogP contribution in [0, 0.1) is 11.8 Å². The van der Waals surface area contributed by atoms with Gasteiger partial charge < -0.3 is 9.59 Å². The third kappa shape index (κ3) is 20.6. The van der Waals surface area contributed by atoms with Gasteiger partial charge in [-0.15, -0.1) is 0 Å². The number of rotatable bonds is 25. The first kappa shape index (κ1) is 29.3. The lowest BCUT2D eigenvalue weighted by Gasteiger charge is -2.11. The number of hydrogen-bond donors (Lipinski definition) is 0. The van der Waals surface area contributed by atoms with Crippen LogP contribution in [0.1, 0.15) is 155 Å². The van der Waals surface area contributed by atoms with Crippen LogP contribution in [0.3, 0.4) is 0 Å². The van der Waals surface area contributed by atoms with Crippen LogP contribution in [0.2, 0.25) is 0 Å². The largest absolute Gasteiger partial charge is 0.303 e. The Kier molecular flexibility index (Phi) is 24.1. The van der Waals surface area contributed by atoms with E-state index in [0.717, 1.165) is 25.7 Å². The molecule has 2 nitrogen and oxygen atoms in total. The van der Waals surface area contributed by atoms with Crippen LogP contribution in [0.4, 0.5) is 0 Å². The number of aldehydes is 2. The molecule has 0 aliphatic heterocycles. The first-order valence-electron chi connectivity index (χ1n) is 13.7. The molecule has 178 valence electrons. The molecule has 0 bridgehead atoms. The van der Waals surface area contributed by atoms with Gasteiger partial charge in [-0.05, 0) is 25.7 Å². The molecular formula is C28H54O2. The van der Waals surface area contributed by atoms with Crippen LogP contribution < -0.4 is 0 Å². The van der Waals surface area contributed by atoms with Crippen molar-refractivity contribution in [2.24, 2.45) is 11.8 Å². The van der Waals surface area contributed by atoms with Gasteiger partial charge in [0.1, 0.15) is 12.6 Å². The van der Waals surface area contributed by atoms with Crippen molar-refractivity contribution in [3.63, 3.8) is 0 Å². The Hall–Kier alpha value is -0.660. The second kappa shape index (κ2) is 24.6. The molecule has 0 rings (SSSR count). The highest BCUT2D eigenvalue weighted by atomic mass is 16.1. The van der Waals surface area contributed by atoms with Crippen molar-refractivity contribution in [3.05, 3.63) is 0 Å². The van der Waals surface area contributed by atoms with E-state index in [1.54, 1.807) is 0 Å². The molecule has 0 radical (unpaired) electrons. The first-order valence-corrected chi connectivity index (χ1v) is 13.7. The predicted octanol–water partition coefficient (Wildman–Crippen LogP) is 9.24. The maximum Gasteiger partial charge on any atom is 0.123 e. The van der Waals surface area contributed by atoms with Crippen molar-refractivity contribution in [2.75, 3.05) is 0 Å². The van der Waals surface area contributed by atoms with Gasteiger partial charge in [-0.1, -0.05) is 129 Å². The number of unbranched alkanes of at least 4 members (excludes halogenated alkanes) is 15. The molecule has 2 atom stereocenters. The van der Waals surface area contributed by atoms with Crippen LogP contribution >= 0.6 is 0 Å². The fraction of sp³-hybridized carbons (Fsp3) is 0.929. The van der Waals surface area contributed by atoms with E-state index in [1.807, 2.05) is 0 Å². The lowest BCUT2D eigenvalue weighted by atomic mass is 9.94. The second-order valence-electron chi connectivity index (χ2n) is 9.60. The monoisotopic (exact) mass is 422 g/mol. The number of carbonyl (C=O) groups is 2. The Morgan fingerprint density at radius 1 is 0.400 bits per heavy atom. The number of carbonyl (C=O) groups excluding carboxylic acids is 2. The van der Waals surface area contributed by atoms with Gasteiger partial charge in [0.15, 0.2) is 0 Å². The summed E-state index contributed by atoms with van der Waals surface area (Å²) in [7, 11) is 0. The second-order valence-corrected chi connectivity index (χ2v) is 9.60. The first-order chi connectivity index (χ1) is 14.8. The Bertz CT molecular complexity index is 319. The van der Waals surface area contributed by atoms with E-state index >= 15 is 0 Å². The zero-order valence-electron chi connectivity index (χ0n) is 20.7. The Morgan fingerprint density at radius 3 is 0.867 bits per heavy atom. The third-order valence-corrected chi connectivity index (χ3v) is 6.64. The average Bonchev–Trinajstić information content (AvgIpc) is 2.77. The van der Waals surface area contributed by atoms with Crippen LogP contribution in [0.25, 0.3) is 0 Å². The highest BCUT2D eigenvalue weighted by Crippen LogP contribution is 2.19. The van der Waals surface area contributed by atoms with Crippen molar-refractivity contribution in [1.82, 2.24) is 0 Å². The topological polar surface area (TPSA) is 34.1 Å². The van der Waals surface area contributed by atoms with Crippen LogP contribution in [0.15, 0.2) is 0 Å². The summed E-state index contributed by atoms with van der Waals surface area (Å²) in [6.07, 6.45) is 30.0. The highest BCUT2D eigenvalue weighted by molar-refractivity contribution is 5.53. The summed E-state index contributed by atoms with van der Waals surface area (Å²) in [5.74, 6) is 0.595. The molecule has 0 aromatic carbocycles. The number of hydrogen-bond acceptors (Lipinski definition) is 2. The molecule has 0 aromatic heterocycles. The summed E-state index contributed by atoms with van der Waals surface area (Å²) >= 11 is 0. The molecule has 0 fully saturated rings. The smallest absolute Gasteiger partial charge is 0.123 e. The molecule has 0 aliphatic carbocycles. The van der Waals surface area contributed by atoms with E-state index in [1.165, 1.54) is 128 Å². The lowest BCUT2D eigenvalue weighted by Crippen LogP contribution is -2.02. The van der Waals surface area contributed by atoms with Gasteiger partial charge in [-0.25, -0.2) is 0 Å². The minimum absolute atomic E-state index is 0.298. The van der Waals surface area contributed by atoms with E-state index in [-0.39, 0.29) is 0 Å². The summed E-state index contributed by atoms with van der Waals surface area (Å²) in [5.41, 5.74) is 0. The van der Waals surface area contributed by atoms with Crippen molar-refractivity contribution in [2.45, 2.75) is 155 Å². The Morgan fingerprint density at radius 2 is 0.633 bits per heavy atom. The van der Waals surface area contributed by atoms with Gasteiger partial charge in [0.05, 0.1) is 0 Å². The zero-order valence-corrected chi connectivity index (χ0v) is 20.7. The van der Waals surface area contributed by atoms with Gasteiger partial charge in [0.2, 0.25) is 0 Å². The minimum atomic E-state index is 0.298. The predicted molar refractivity (Wildman–Crippen MR) is 132 cm³/mol. The minimum Gasteiger partial charge on any atom is -0.303 e. The van der Waals surface area contributed by atoms with Crippen molar-refractivity contribution in [1.29, 1.82) is 0 Å². The van der Waals surface area contributed by atoms with E-state index in [9.17, 15) is 9.59 Å². The maximum atomic E-state index is 11.3. The van der Waals surface area contributed by atoms with Crippen molar-refractivity contribution in [3.8, 4) is 0 Å². The van der Waals surface area contributed by atoms with Crippen LogP contribution in [0.5, 0.6) is 0 Å². The molecule has 0 heterocycles. The molecule has 0 saturated carbocycles. The lowest BCUT2D eigenvalue weighted by molar-refractivity contribution is -0.112. The van der Waals surface area contributed by atoms with Gasteiger partial charge in [-0.3, -0.25) is 0 Å². The molecule has 0 aromatic rings. The molecule has 0 saturated heterocycles. The third-order valence-electron chi connectivity index (χ3n) is 6.64. The van der Waals surface area contributed by atoms with Crippen molar-refractivity contribution < 1.29 is 9.59 Å². The zero-order chi connectivity index (χ0) is 22.1. The molecular weight excluding hydrogens is 368 g/mol. The van der Waals surface area contributed by atoms with Crippen molar-refractivity contribution >= 4 is 12.6 Å². The fourth-order valence-electron chi connectivity index (χ4n) is 4.45. The molecule has 2 unspecified atom stereocenters. The SMILES string of the molecule is CCCCCCCCC(C=O)CCCCCCCCC(C=O)CCCCCCCC. The van der Waals surface area contributed by atoms with E-state index in [2.05, 4.69) is 13.8 Å². The molecule has 0 aliphatic rings. The normalized spacial score (nSPS) is 13.3. The molecule has 0 spiro atoms. The van der Waals surface area contributed by atoms with Gasteiger partial charge in [0, 0.05) is 11.8 Å². The maximum absolute atomic E-state index is 11.3. The van der Waals surface area contributed by atoms with E-state index < -0.39 is 0 Å². The average molecular weight is 423 g/mol.